The van der Waals surface area contributed by atoms with E-state index in [1.807, 2.05) is 0 Å². The molecule has 0 bridgehead atoms. The molecule has 90 valence electrons. The molecule has 0 fully saturated rings. The van der Waals surface area contributed by atoms with E-state index in [9.17, 15) is 9.90 Å². The Labute approximate surface area is 102 Å². The summed E-state index contributed by atoms with van der Waals surface area (Å²) in [7, 11) is 1.39. The lowest BCUT2D eigenvalue weighted by Crippen LogP contribution is -2.36. The molecule has 0 rings (SSSR count). The second-order valence-electron chi connectivity index (χ2n) is 2.96. The molecule has 0 spiro atoms. The van der Waals surface area contributed by atoms with Gasteiger partial charge in [0.05, 0.1) is 6.61 Å². The van der Waals surface area contributed by atoms with Gasteiger partial charge in [-0.15, -0.1) is 12.3 Å². The molecule has 17 heavy (non-hydrogen) atoms. The fourth-order valence-electron chi connectivity index (χ4n) is 0.764. The van der Waals surface area contributed by atoms with Crippen LogP contribution in [0.15, 0.2) is 0 Å². The molecule has 0 aliphatic rings. The number of amides is 1. The number of aliphatic hydroxyl groups is 1. The number of hydrogen-bond donors (Lipinski definition) is 1. The molecule has 0 aliphatic heterocycles. The van der Waals surface area contributed by atoms with Crippen LogP contribution in [0.5, 0.6) is 0 Å². The number of terminal acetylenes is 1. The van der Waals surface area contributed by atoms with Crippen LogP contribution in [0.1, 0.15) is 19.8 Å². The van der Waals surface area contributed by atoms with Crippen molar-refractivity contribution in [2.24, 2.45) is 0 Å². The van der Waals surface area contributed by atoms with Crippen LogP contribution in [0.2, 0.25) is 0 Å². The van der Waals surface area contributed by atoms with E-state index in [1.165, 1.54) is 7.05 Å². The molecular weight excluding hydrogens is 218 g/mol. The van der Waals surface area contributed by atoms with E-state index in [-0.39, 0.29) is 6.61 Å². The average Bonchev–Trinajstić information content (AvgIpc) is 2.32. The van der Waals surface area contributed by atoms with Crippen molar-refractivity contribution < 1.29 is 14.6 Å². The third-order valence-electron chi connectivity index (χ3n) is 1.67. The summed E-state index contributed by atoms with van der Waals surface area (Å²) < 4.78 is 4.69. The Morgan fingerprint density at radius 3 is 2.76 bits per heavy atom. The second-order valence-corrected chi connectivity index (χ2v) is 2.96. The van der Waals surface area contributed by atoms with Crippen molar-refractivity contribution in [3.63, 3.8) is 0 Å². The van der Waals surface area contributed by atoms with Gasteiger partial charge < -0.3 is 9.84 Å². The van der Waals surface area contributed by atoms with Gasteiger partial charge in [-0.3, -0.25) is 4.90 Å². The van der Waals surface area contributed by atoms with Crippen LogP contribution in [-0.4, -0.2) is 36.0 Å². The van der Waals surface area contributed by atoms with Gasteiger partial charge in [0.25, 0.3) is 0 Å². The summed E-state index contributed by atoms with van der Waals surface area (Å²) in [6.07, 6.45) is 4.32. The molecule has 4 nitrogen and oxygen atoms in total. The highest BCUT2D eigenvalue weighted by Gasteiger charge is 2.15. The number of carbonyl (C=O) groups excluding carboxylic acids is 1. The molecule has 0 heterocycles. The van der Waals surface area contributed by atoms with Crippen molar-refractivity contribution in [3.8, 4) is 36.0 Å². The highest BCUT2D eigenvalue weighted by Crippen LogP contribution is 1.94. The van der Waals surface area contributed by atoms with Crippen molar-refractivity contribution in [3.05, 3.63) is 0 Å². The summed E-state index contributed by atoms with van der Waals surface area (Å²) in [4.78, 5) is 12.2. The van der Waals surface area contributed by atoms with Gasteiger partial charge in [0, 0.05) is 19.9 Å². The van der Waals surface area contributed by atoms with Gasteiger partial charge in [-0.25, -0.2) is 4.79 Å². The number of unbranched alkanes of at least 4 members (excludes halogenated alkanes) is 1. The first-order valence-corrected chi connectivity index (χ1v) is 5.13. The fraction of sp³-hybridized carbons (Fsp3) is 0.462. The van der Waals surface area contributed by atoms with Crippen LogP contribution in [0.4, 0.5) is 4.79 Å². The van der Waals surface area contributed by atoms with Crippen molar-refractivity contribution >= 4 is 6.09 Å². The van der Waals surface area contributed by atoms with E-state index < -0.39 is 12.3 Å². The van der Waals surface area contributed by atoms with Crippen LogP contribution in [0.25, 0.3) is 0 Å². The van der Waals surface area contributed by atoms with Gasteiger partial charge in [0.2, 0.25) is 0 Å². The van der Waals surface area contributed by atoms with E-state index in [2.05, 4.69) is 34.3 Å². The number of rotatable bonds is 3. The first-order valence-electron chi connectivity index (χ1n) is 5.13. The van der Waals surface area contributed by atoms with Gasteiger partial charge in [0.15, 0.2) is 6.23 Å². The molecule has 1 N–H and O–H groups in total. The lowest BCUT2D eigenvalue weighted by Gasteiger charge is -2.17. The minimum atomic E-state index is -1.23. The van der Waals surface area contributed by atoms with E-state index in [0.717, 1.165) is 4.90 Å². The van der Waals surface area contributed by atoms with Crippen LogP contribution in [-0.2, 0) is 4.74 Å². The fourth-order valence-corrected chi connectivity index (χ4v) is 0.764. The number of nitrogens with zero attached hydrogens (tertiary/aromatic N) is 1. The summed E-state index contributed by atoms with van der Waals surface area (Å²) in [5, 5.41) is 9.47. The maximum Gasteiger partial charge on any atom is 0.412 e. The number of hydrogen-bond acceptors (Lipinski definition) is 3. The normalized spacial score (nSPS) is 9.76. The smallest absolute Gasteiger partial charge is 0.412 e. The Kier molecular flexibility index (Phi) is 8.03. The third-order valence-corrected chi connectivity index (χ3v) is 1.67. The molecule has 0 saturated heterocycles. The lowest BCUT2D eigenvalue weighted by atomic mass is 10.3. The molecular formula is C13H15NO3. The van der Waals surface area contributed by atoms with Gasteiger partial charge >= 0.3 is 6.09 Å². The number of ether oxygens (including phenoxy) is 1. The van der Waals surface area contributed by atoms with Gasteiger partial charge in [-0.05, 0) is 24.7 Å². The van der Waals surface area contributed by atoms with Crippen molar-refractivity contribution in [1.29, 1.82) is 0 Å². The standard InChI is InChI=1S/C13H15NO3/c1-4-6-7-8-9-10-11-12(15)14(3)13(16)17-5-2/h1,12,15H,5-7H2,2-3H3. The predicted octanol–water partition coefficient (Wildman–Crippen LogP) is 0.813. The Morgan fingerprint density at radius 2 is 2.18 bits per heavy atom. The zero-order valence-electron chi connectivity index (χ0n) is 9.99. The number of aliphatic hydroxyl groups excluding tert-OH is 1. The Morgan fingerprint density at radius 1 is 1.47 bits per heavy atom. The molecule has 1 unspecified atom stereocenters. The molecule has 0 aliphatic carbocycles. The Bertz CT molecular complexity index is 400. The van der Waals surface area contributed by atoms with E-state index >= 15 is 0 Å². The zero-order chi connectivity index (χ0) is 13.1. The molecule has 0 radical (unpaired) electrons. The minimum Gasteiger partial charge on any atom is -0.450 e. The molecule has 0 aromatic carbocycles. The summed E-state index contributed by atoms with van der Waals surface area (Å²) >= 11 is 0. The largest absolute Gasteiger partial charge is 0.450 e. The molecule has 1 atom stereocenters. The summed E-state index contributed by atoms with van der Waals surface area (Å²) in [6.45, 7) is 1.93. The van der Waals surface area contributed by atoms with Crippen molar-refractivity contribution in [1.82, 2.24) is 4.90 Å². The summed E-state index contributed by atoms with van der Waals surface area (Å²) in [5.41, 5.74) is 0. The van der Waals surface area contributed by atoms with E-state index in [0.29, 0.717) is 12.8 Å². The second kappa shape index (κ2) is 9.16. The number of carbonyl (C=O) groups is 1. The summed E-state index contributed by atoms with van der Waals surface area (Å²) in [5.74, 6) is 12.5. The first-order chi connectivity index (χ1) is 8.13. The topological polar surface area (TPSA) is 49.8 Å². The molecule has 0 aromatic rings. The van der Waals surface area contributed by atoms with Gasteiger partial charge in [-0.2, -0.15) is 0 Å². The molecule has 1 amide bonds. The predicted molar refractivity (Wildman–Crippen MR) is 64.4 cm³/mol. The van der Waals surface area contributed by atoms with Crippen molar-refractivity contribution in [2.45, 2.75) is 26.0 Å². The third kappa shape index (κ3) is 6.90. The maximum atomic E-state index is 11.2. The van der Waals surface area contributed by atoms with Crippen LogP contribution in [0.3, 0.4) is 0 Å². The van der Waals surface area contributed by atoms with Gasteiger partial charge in [0.1, 0.15) is 0 Å². The highest BCUT2D eigenvalue weighted by atomic mass is 16.6. The highest BCUT2D eigenvalue weighted by molar-refractivity contribution is 5.67. The van der Waals surface area contributed by atoms with E-state index in [1.54, 1.807) is 6.92 Å². The van der Waals surface area contributed by atoms with Crippen LogP contribution in [0, 0.1) is 36.0 Å². The first kappa shape index (κ1) is 14.9. The monoisotopic (exact) mass is 233 g/mol. The minimum absolute atomic E-state index is 0.245. The molecule has 0 saturated carbocycles. The zero-order valence-corrected chi connectivity index (χ0v) is 9.99. The van der Waals surface area contributed by atoms with Gasteiger partial charge in [-0.1, -0.05) is 5.92 Å². The maximum absolute atomic E-state index is 11.2. The van der Waals surface area contributed by atoms with E-state index in [4.69, 9.17) is 6.42 Å². The lowest BCUT2D eigenvalue weighted by molar-refractivity contribution is 0.0474. The quantitative estimate of drug-likeness (QED) is 0.446. The average molecular weight is 233 g/mol. The Hall–Kier alpha value is -2.09. The SMILES string of the molecule is C#CCCC#CC#CC(O)N(C)C(=O)OCC. The summed E-state index contributed by atoms with van der Waals surface area (Å²) in [6, 6.07) is 0. The van der Waals surface area contributed by atoms with Crippen LogP contribution < -0.4 is 0 Å². The molecule has 4 heteroatoms. The Balaban J connectivity index is 4.19. The van der Waals surface area contributed by atoms with Crippen LogP contribution >= 0.6 is 0 Å². The van der Waals surface area contributed by atoms with Crippen molar-refractivity contribution in [2.75, 3.05) is 13.7 Å². The molecule has 0 aromatic heterocycles.